The van der Waals surface area contributed by atoms with Gasteiger partial charge >= 0.3 is 0 Å². The molecule has 1 heterocycles. The summed E-state index contributed by atoms with van der Waals surface area (Å²) in [6.07, 6.45) is 2.61. The monoisotopic (exact) mass is 321 g/mol. The summed E-state index contributed by atoms with van der Waals surface area (Å²) in [5, 5.41) is 38.4. The molecule has 0 unspecified atom stereocenters. The van der Waals surface area contributed by atoms with Gasteiger partial charge in [-0.05, 0) is 29.8 Å². The number of rotatable bonds is 2. The molecule has 0 atom stereocenters. The van der Waals surface area contributed by atoms with Crippen molar-refractivity contribution in [1.82, 2.24) is 0 Å². The largest absolute Gasteiger partial charge is 1.00 e. The van der Waals surface area contributed by atoms with Crippen molar-refractivity contribution < 1.29 is 37.4 Å². The average molecular weight is 322 g/mol. The van der Waals surface area contributed by atoms with E-state index in [-0.39, 0.29) is 35.4 Å². The molecule has 0 amide bonds. The van der Waals surface area contributed by atoms with Crippen LogP contribution >= 0.6 is 0 Å². The van der Waals surface area contributed by atoms with Gasteiger partial charge in [0.25, 0.3) is 0 Å². The zero-order valence-electron chi connectivity index (χ0n) is 11.7. The summed E-state index contributed by atoms with van der Waals surface area (Å²) in [5.74, 6) is -0.494. The van der Waals surface area contributed by atoms with Gasteiger partial charge in [-0.1, -0.05) is 6.07 Å². The molecule has 0 fully saturated rings. The zero-order chi connectivity index (χ0) is 15.0. The molecule has 0 saturated heterocycles. The van der Waals surface area contributed by atoms with Crippen molar-refractivity contribution in [3.8, 4) is 23.0 Å². The number of halogens is 1. The number of fused-ring (bicyclic) bond motifs is 1. The van der Waals surface area contributed by atoms with Crippen molar-refractivity contribution in [2.75, 3.05) is 6.54 Å². The molecule has 6 heteroatoms. The minimum absolute atomic E-state index is 0. The lowest BCUT2D eigenvalue weighted by molar-refractivity contribution is -0.540. The van der Waals surface area contributed by atoms with Crippen LogP contribution in [0.2, 0.25) is 0 Å². The van der Waals surface area contributed by atoms with Gasteiger partial charge in [0.2, 0.25) is 0 Å². The first-order chi connectivity index (χ1) is 10.0. The van der Waals surface area contributed by atoms with Crippen LogP contribution in [-0.4, -0.2) is 37.8 Å². The maximum absolute atomic E-state index is 9.84. The number of hydrogen-bond acceptors (Lipinski definition) is 4. The third-order valence-corrected chi connectivity index (χ3v) is 3.70. The molecule has 22 heavy (non-hydrogen) atoms. The maximum atomic E-state index is 9.84. The summed E-state index contributed by atoms with van der Waals surface area (Å²) >= 11 is 0. The fraction of sp³-hybridized carbons (Fsp3) is 0.188. The average Bonchev–Trinajstić information content (AvgIpc) is 2.45. The summed E-state index contributed by atoms with van der Waals surface area (Å²) in [4.78, 5) is 0. The van der Waals surface area contributed by atoms with Crippen LogP contribution in [0.25, 0.3) is 0 Å². The number of aromatic hydroxyl groups is 4. The van der Waals surface area contributed by atoms with Gasteiger partial charge in [-0.2, -0.15) is 0 Å². The lowest BCUT2D eigenvalue weighted by Crippen LogP contribution is -3.00. The highest BCUT2D eigenvalue weighted by molar-refractivity contribution is 5.80. The Balaban J connectivity index is 0.00000176. The second-order valence-electron chi connectivity index (χ2n) is 5.17. The van der Waals surface area contributed by atoms with Crippen LogP contribution in [0.1, 0.15) is 16.7 Å². The number of benzene rings is 2. The Morgan fingerprint density at radius 3 is 2.45 bits per heavy atom. The molecule has 4 N–H and O–H groups in total. The van der Waals surface area contributed by atoms with Gasteiger partial charge in [-0.15, -0.1) is 0 Å². The topological polar surface area (TPSA) is 83.9 Å². The standard InChI is InChI=1S/C16H15NO4.ClH/c18-13-3-1-2-11(16(13)21)8-17-5-4-10-6-14(19)15(20)7-12(10)9-17;/h1-3,6-7,9,18,20-21H,4-5,8H2;1H. The number of para-hydroxylation sites is 1. The minimum Gasteiger partial charge on any atom is -1.00 e. The Kier molecular flexibility index (Phi) is 4.47. The number of phenolic OH excluding ortho intramolecular Hbond substituents is 4. The quantitative estimate of drug-likeness (QED) is 0.409. The van der Waals surface area contributed by atoms with E-state index in [0.717, 1.165) is 24.1 Å². The highest BCUT2D eigenvalue weighted by Gasteiger charge is 2.20. The first kappa shape index (κ1) is 16.0. The molecule has 2 aromatic rings. The summed E-state index contributed by atoms with van der Waals surface area (Å²) < 4.78 is 1.99. The molecule has 116 valence electrons. The molecule has 0 radical (unpaired) electrons. The predicted octanol–water partition coefficient (Wildman–Crippen LogP) is -1.30. The highest BCUT2D eigenvalue weighted by atomic mass is 35.5. The zero-order valence-corrected chi connectivity index (χ0v) is 12.5. The Morgan fingerprint density at radius 1 is 0.955 bits per heavy atom. The van der Waals surface area contributed by atoms with Gasteiger partial charge in [0.15, 0.2) is 35.8 Å². The Hall–Kier alpha value is -2.40. The summed E-state index contributed by atoms with van der Waals surface area (Å²) in [7, 11) is 0. The van der Waals surface area contributed by atoms with Crippen LogP contribution < -0.4 is 12.4 Å². The van der Waals surface area contributed by atoms with E-state index in [1.807, 2.05) is 10.8 Å². The summed E-state index contributed by atoms with van der Waals surface area (Å²) in [6, 6.07) is 7.98. The van der Waals surface area contributed by atoms with Crippen molar-refractivity contribution in [3.63, 3.8) is 0 Å². The fourth-order valence-corrected chi connectivity index (χ4v) is 2.55. The molecular formula is C16H16ClNO4. The third kappa shape index (κ3) is 2.94. The lowest BCUT2D eigenvalue weighted by Gasteiger charge is -2.14. The van der Waals surface area contributed by atoms with Crippen molar-refractivity contribution in [1.29, 1.82) is 0 Å². The molecule has 0 aliphatic carbocycles. The Morgan fingerprint density at radius 2 is 1.68 bits per heavy atom. The number of nitrogens with zero attached hydrogens (tertiary/aromatic N) is 1. The first-order valence-electron chi connectivity index (χ1n) is 6.68. The van der Waals surface area contributed by atoms with E-state index >= 15 is 0 Å². The molecular weight excluding hydrogens is 306 g/mol. The van der Waals surface area contributed by atoms with Gasteiger partial charge < -0.3 is 32.8 Å². The number of hydrogen-bond donors (Lipinski definition) is 4. The van der Waals surface area contributed by atoms with Crippen LogP contribution in [-0.2, 0) is 13.0 Å². The van der Waals surface area contributed by atoms with E-state index in [1.165, 1.54) is 12.1 Å². The molecule has 0 saturated carbocycles. The van der Waals surface area contributed by atoms with E-state index in [2.05, 4.69) is 0 Å². The third-order valence-electron chi connectivity index (χ3n) is 3.70. The fourth-order valence-electron chi connectivity index (χ4n) is 2.55. The summed E-state index contributed by atoms with van der Waals surface area (Å²) in [5.41, 5.74) is 2.45. The maximum Gasteiger partial charge on any atom is 0.172 e. The van der Waals surface area contributed by atoms with Crippen molar-refractivity contribution in [3.05, 3.63) is 47.0 Å². The second kappa shape index (κ2) is 6.15. The van der Waals surface area contributed by atoms with Crippen molar-refractivity contribution in [2.45, 2.75) is 13.0 Å². The molecule has 3 rings (SSSR count). The van der Waals surface area contributed by atoms with Crippen LogP contribution in [0, 0.1) is 0 Å². The molecule has 5 nitrogen and oxygen atoms in total. The van der Waals surface area contributed by atoms with Crippen LogP contribution in [0.5, 0.6) is 23.0 Å². The molecule has 1 aliphatic rings. The van der Waals surface area contributed by atoms with E-state index in [9.17, 15) is 20.4 Å². The highest BCUT2D eigenvalue weighted by Crippen LogP contribution is 2.31. The molecule has 0 aromatic heterocycles. The van der Waals surface area contributed by atoms with Crippen LogP contribution in [0.15, 0.2) is 30.3 Å². The lowest BCUT2D eigenvalue weighted by atomic mass is 10.0. The Labute approximate surface area is 133 Å². The van der Waals surface area contributed by atoms with Crippen molar-refractivity contribution >= 4 is 6.21 Å². The smallest absolute Gasteiger partial charge is 0.172 e. The van der Waals surface area contributed by atoms with Crippen molar-refractivity contribution in [2.24, 2.45) is 0 Å². The van der Waals surface area contributed by atoms with Gasteiger partial charge in [0.05, 0.1) is 5.56 Å². The van der Waals surface area contributed by atoms with Crippen LogP contribution in [0.3, 0.4) is 0 Å². The molecule has 0 bridgehead atoms. The van der Waals surface area contributed by atoms with E-state index in [4.69, 9.17) is 0 Å². The molecule has 1 aliphatic heterocycles. The van der Waals surface area contributed by atoms with Gasteiger partial charge in [-0.3, -0.25) is 0 Å². The second-order valence-corrected chi connectivity index (χ2v) is 5.17. The number of phenols is 4. The first-order valence-corrected chi connectivity index (χ1v) is 6.68. The Bertz CT molecular complexity index is 743. The SMILES string of the molecule is Oc1cc2c(cc1O)CC[N+](Cc1cccc(O)c1O)=C2.[Cl-]. The van der Waals surface area contributed by atoms with Gasteiger partial charge in [-0.25, -0.2) is 4.58 Å². The van der Waals surface area contributed by atoms with E-state index < -0.39 is 0 Å². The minimum atomic E-state index is -0.146. The van der Waals surface area contributed by atoms with E-state index in [1.54, 1.807) is 18.2 Å². The van der Waals surface area contributed by atoms with Crippen LogP contribution in [0.4, 0.5) is 0 Å². The normalized spacial score (nSPS) is 13.0. The summed E-state index contributed by atoms with van der Waals surface area (Å²) in [6.45, 7) is 1.19. The predicted molar refractivity (Wildman–Crippen MR) is 77.2 cm³/mol. The van der Waals surface area contributed by atoms with E-state index in [0.29, 0.717) is 12.1 Å². The van der Waals surface area contributed by atoms with Gasteiger partial charge in [0, 0.05) is 12.0 Å². The van der Waals surface area contributed by atoms with Gasteiger partial charge in [0.1, 0.15) is 6.54 Å². The molecule has 2 aromatic carbocycles. The molecule has 0 spiro atoms.